The standard InChI is InChI=1S/C11H8N6O3/c12-5-3-1-2-4-6(5)9(19)17(8(4)18)10(20)7-14-11(13)16-15-7/h1-3H,12H2,(H3,13,14,15,16). The predicted molar refractivity (Wildman–Crippen MR) is 66.5 cm³/mol. The summed E-state index contributed by atoms with van der Waals surface area (Å²) in [7, 11) is 0. The highest BCUT2D eigenvalue weighted by Crippen LogP contribution is 2.28. The Kier molecular flexibility index (Phi) is 2.30. The fraction of sp³-hybridized carbons (Fsp3) is 0. The average molecular weight is 272 g/mol. The number of nitrogens with zero attached hydrogens (tertiary/aromatic N) is 3. The summed E-state index contributed by atoms with van der Waals surface area (Å²) < 4.78 is 0. The molecule has 0 unspecified atom stereocenters. The summed E-state index contributed by atoms with van der Waals surface area (Å²) in [5.74, 6) is -2.93. The quantitative estimate of drug-likeness (QED) is 0.463. The number of rotatable bonds is 1. The van der Waals surface area contributed by atoms with Crippen LogP contribution < -0.4 is 11.5 Å². The highest BCUT2D eigenvalue weighted by Gasteiger charge is 2.42. The Labute approximate surface area is 111 Å². The number of carbonyl (C=O) groups is 3. The van der Waals surface area contributed by atoms with Crippen molar-refractivity contribution in [1.29, 1.82) is 0 Å². The fourth-order valence-corrected chi connectivity index (χ4v) is 1.97. The van der Waals surface area contributed by atoms with Crippen LogP contribution in [0.15, 0.2) is 18.2 Å². The number of hydrogen-bond donors (Lipinski definition) is 3. The minimum atomic E-state index is -0.931. The van der Waals surface area contributed by atoms with Gasteiger partial charge in [-0.15, -0.1) is 5.10 Å². The number of nitrogens with two attached hydrogens (primary N) is 2. The van der Waals surface area contributed by atoms with Gasteiger partial charge in [0.15, 0.2) is 0 Å². The van der Waals surface area contributed by atoms with Gasteiger partial charge in [-0.3, -0.25) is 19.5 Å². The van der Waals surface area contributed by atoms with Gasteiger partial charge in [-0.1, -0.05) is 6.07 Å². The fourth-order valence-electron chi connectivity index (χ4n) is 1.97. The number of fused-ring (bicyclic) bond motifs is 1. The van der Waals surface area contributed by atoms with E-state index in [-0.39, 0.29) is 28.6 Å². The van der Waals surface area contributed by atoms with E-state index in [1.807, 2.05) is 0 Å². The Morgan fingerprint density at radius 2 is 1.95 bits per heavy atom. The summed E-state index contributed by atoms with van der Waals surface area (Å²) in [6.45, 7) is 0. The smallest absolute Gasteiger partial charge is 0.305 e. The molecular weight excluding hydrogens is 264 g/mol. The summed E-state index contributed by atoms with van der Waals surface area (Å²) in [4.78, 5) is 40.4. The van der Waals surface area contributed by atoms with Gasteiger partial charge in [0.25, 0.3) is 11.8 Å². The zero-order valence-electron chi connectivity index (χ0n) is 9.95. The van der Waals surface area contributed by atoms with Crippen LogP contribution in [0.2, 0.25) is 0 Å². The normalized spacial score (nSPS) is 13.7. The molecule has 1 aromatic heterocycles. The summed E-state index contributed by atoms with van der Waals surface area (Å²) in [5, 5.41) is 5.72. The first-order chi connectivity index (χ1) is 9.50. The van der Waals surface area contributed by atoms with Gasteiger partial charge in [0.05, 0.1) is 11.1 Å². The number of nitrogens with one attached hydrogen (secondary N) is 1. The molecule has 5 N–H and O–H groups in total. The molecule has 0 atom stereocenters. The number of benzene rings is 1. The van der Waals surface area contributed by atoms with Crippen LogP contribution in [-0.4, -0.2) is 37.8 Å². The lowest BCUT2D eigenvalue weighted by atomic mass is 10.1. The molecule has 0 spiro atoms. The monoisotopic (exact) mass is 272 g/mol. The van der Waals surface area contributed by atoms with E-state index in [0.29, 0.717) is 4.90 Å². The largest absolute Gasteiger partial charge is 0.398 e. The molecule has 1 aromatic carbocycles. The van der Waals surface area contributed by atoms with Crippen molar-refractivity contribution in [3.8, 4) is 0 Å². The molecule has 9 heteroatoms. The molecule has 2 aromatic rings. The van der Waals surface area contributed by atoms with Gasteiger partial charge in [0.2, 0.25) is 11.8 Å². The number of imide groups is 3. The number of nitrogen functional groups attached to an aromatic ring is 2. The number of H-pyrrole nitrogens is 1. The third-order valence-corrected chi connectivity index (χ3v) is 2.86. The highest BCUT2D eigenvalue weighted by atomic mass is 16.2. The lowest BCUT2D eigenvalue weighted by molar-refractivity contribution is 0.0561. The van der Waals surface area contributed by atoms with Crippen LogP contribution in [0.5, 0.6) is 0 Å². The highest BCUT2D eigenvalue weighted by molar-refractivity contribution is 6.32. The topological polar surface area (TPSA) is 148 Å². The first-order valence-corrected chi connectivity index (χ1v) is 5.50. The zero-order chi connectivity index (χ0) is 14.4. The molecule has 100 valence electrons. The maximum absolute atomic E-state index is 12.2. The summed E-state index contributed by atoms with van der Waals surface area (Å²) in [6.07, 6.45) is 0. The van der Waals surface area contributed by atoms with Crippen molar-refractivity contribution in [1.82, 2.24) is 20.1 Å². The minimum absolute atomic E-state index is 0.0123. The predicted octanol–water partition coefficient (Wildman–Crippen LogP) is -0.595. The van der Waals surface area contributed by atoms with E-state index in [1.165, 1.54) is 18.2 Å². The summed E-state index contributed by atoms with van der Waals surface area (Å²) >= 11 is 0. The average Bonchev–Trinajstić information content (AvgIpc) is 2.94. The summed E-state index contributed by atoms with van der Waals surface area (Å²) in [6, 6.07) is 4.43. The van der Waals surface area contributed by atoms with Crippen molar-refractivity contribution in [2.45, 2.75) is 0 Å². The third-order valence-electron chi connectivity index (χ3n) is 2.86. The van der Waals surface area contributed by atoms with Crippen LogP contribution in [-0.2, 0) is 0 Å². The van der Waals surface area contributed by atoms with Gasteiger partial charge in [0, 0.05) is 5.69 Å². The third kappa shape index (κ3) is 1.46. The van der Waals surface area contributed by atoms with Crippen molar-refractivity contribution < 1.29 is 14.4 Å². The van der Waals surface area contributed by atoms with E-state index in [1.54, 1.807) is 0 Å². The molecule has 0 bridgehead atoms. The molecule has 3 amide bonds. The second-order valence-electron chi connectivity index (χ2n) is 4.06. The molecule has 0 fully saturated rings. The van der Waals surface area contributed by atoms with Crippen molar-refractivity contribution in [2.75, 3.05) is 11.5 Å². The number of amides is 3. The Morgan fingerprint density at radius 3 is 2.55 bits per heavy atom. The van der Waals surface area contributed by atoms with E-state index in [9.17, 15) is 14.4 Å². The minimum Gasteiger partial charge on any atom is -0.398 e. The van der Waals surface area contributed by atoms with Crippen LogP contribution in [0.25, 0.3) is 0 Å². The molecule has 9 nitrogen and oxygen atoms in total. The van der Waals surface area contributed by atoms with Gasteiger partial charge < -0.3 is 11.5 Å². The van der Waals surface area contributed by atoms with E-state index in [2.05, 4.69) is 15.2 Å². The Bertz CT molecular complexity index is 765. The number of aromatic nitrogens is 3. The van der Waals surface area contributed by atoms with Crippen LogP contribution >= 0.6 is 0 Å². The van der Waals surface area contributed by atoms with Gasteiger partial charge in [-0.05, 0) is 12.1 Å². The van der Waals surface area contributed by atoms with E-state index >= 15 is 0 Å². The van der Waals surface area contributed by atoms with Crippen LogP contribution in [0.3, 0.4) is 0 Å². The van der Waals surface area contributed by atoms with Gasteiger partial charge in [-0.25, -0.2) is 4.90 Å². The second kappa shape index (κ2) is 3.88. The number of carbonyl (C=O) groups excluding carboxylic acids is 3. The number of hydrogen-bond acceptors (Lipinski definition) is 7. The number of aromatic amines is 1. The van der Waals surface area contributed by atoms with Crippen molar-refractivity contribution >= 4 is 29.4 Å². The maximum atomic E-state index is 12.2. The Hall–Kier alpha value is -3.23. The molecular formula is C11H8N6O3. The van der Waals surface area contributed by atoms with Crippen LogP contribution in [0, 0.1) is 0 Å². The summed E-state index contributed by atoms with van der Waals surface area (Å²) in [5.41, 5.74) is 11.2. The van der Waals surface area contributed by atoms with Crippen molar-refractivity contribution in [2.24, 2.45) is 0 Å². The Balaban J connectivity index is 2.06. The van der Waals surface area contributed by atoms with E-state index in [4.69, 9.17) is 11.5 Å². The molecule has 0 saturated carbocycles. The van der Waals surface area contributed by atoms with Gasteiger partial charge in [-0.2, -0.15) is 4.98 Å². The molecule has 1 aliphatic rings. The van der Waals surface area contributed by atoms with Gasteiger partial charge >= 0.3 is 5.91 Å². The van der Waals surface area contributed by atoms with Crippen LogP contribution in [0.1, 0.15) is 31.3 Å². The molecule has 1 aliphatic heterocycles. The van der Waals surface area contributed by atoms with Crippen LogP contribution in [0.4, 0.5) is 11.6 Å². The van der Waals surface area contributed by atoms with E-state index < -0.39 is 17.7 Å². The lowest BCUT2D eigenvalue weighted by Gasteiger charge is -2.09. The Morgan fingerprint density at radius 1 is 1.20 bits per heavy atom. The molecule has 20 heavy (non-hydrogen) atoms. The molecule has 0 saturated heterocycles. The molecule has 3 rings (SSSR count). The molecule has 0 radical (unpaired) electrons. The molecule has 2 heterocycles. The zero-order valence-corrected chi connectivity index (χ0v) is 9.95. The van der Waals surface area contributed by atoms with E-state index in [0.717, 1.165) is 0 Å². The number of anilines is 2. The first-order valence-electron chi connectivity index (χ1n) is 5.50. The SMILES string of the molecule is Nc1n[nH]c(C(=O)N2C(=O)c3cccc(N)c3C2=O)n1. The maximum Gasteiger partial charge on any atom is 0.305 e. The van der Waals surface area contributed by atoms with Gasteiger partial charge in [0.1, 0.15) is 0 Å². The first kappa shape index (κ1) is 11.8. The van der Waals surface area contributed by atoms with Crippen molar-refractivity contribution in [3.05, 3.63) is 35.2 Å². The second-order valence-corrected chi connectivity index (χ2v) is 4.06. The molecule has 0 aliphatic carbocycles. The lowest BCUT2D eigenvalue weighted by Crippen LogP contribution is -2.36. The van der Waals surface area contributed by atoms with Crippen molar-refractivity contribution in [3.63, 3.8) is 0 Å².